The van der Waals surface area contributed by atoms with E-state index in [-0.39, 0.29) is 16.8 Å². The SMILES string of the molecule is CCN(CC)S(=O)(=O)c1ccc(C)c(C(=O)NC(C)CCc2ccccc2)c1. The maximum absolute atomic E-state index is 12.8. The molecule has 1 unspecified atom stereocenters. The molecule has 0 aromatic heterocycles. The van der Waals surface area contributed by atoms with Gasteiger partial charge in [0.1, 0.15) is 0 Å². The molecule has 0 bridgehead atoms. The normalized spacial score (nSPS) is 12.8. The molecule has 0 radical (unpaired) electrons. The molecule has 152 valence electrons. The summed E-state index contributed by atoms with van der Waals surface area (Å²) < 4.78 is 26.9. The van der Waals surface area contributed by atoms with E-state index in [4.69, 9.17) is 0 Å². The van der Waals surface area contributed by atoms with Crippen LogP contribution < -0.4 is 5.32 Å². The lowest BCUT2D eigenvalue weighted by molar-refractivity contribution is 0.0937. The third-order valence-corrected chi connectivity index (χ3v) is 6.93. The highest BCUT2D eigenvalue weighted by Crippen LogP contribution is 2.20. The van der Waals surface area contributed by atoms with Crippen molar-refractivity contribution in [1.82, 2.24) is 9.62 Å². The summed E-state index contributed by atoms with van der Waals surface area (Å²) in [5, 5.41) is 3.00. The number of hydrogen-bond donors (Lipinski definition) is 1. The number of carbonyl (C=O) groups excluding carboxylic acids is 1. The number of sulfonamides is 1. The van der Waals surface area contributed by atoms with Crippen molar-refractivity contribution >= 4 is 15.9 Å². The van der Waals surface area contributed by atoms with Gasteiger partial charge in [-0.3, -0.25) is 4.79 Å². The number of hydrogen-bond acceptors (Lipinski definition) is 3. The van der Waals surface area contributed by atoms with E-state index in [0.29, 0.717) is 18.7 Å². The van der Waals surface area contributed by atoms with Crippen LogP contribution in [-0.2, 0) is 16.4 Å². The van der Waals surface area contributed by atoms with Gasteiger partial charge in [0, 0.05) is 24.7 Å². The van der Waals surface area contributed by atoms with E-state index in [9.17, 15) is 13.2 Å². The molecule has 2 aromatic rings. The molecule has 28 heavy (non-hydrogen) atoms. The largest absolute Gasteiger partial charge is 0.350 e. The molecule has 6 heteroatoms. The summed E-state index contributed by atoms with van der Waals surface area (Å²) in [5.41, 5.74) is 2.39. The highest BCUT2D eigenvalue weighted by Gasteiger charge is 2.23. The van der Waals surface area contributed by atoms with Gasteiger partial charge in [-0.05, 0) is 49.9 Å². The summed E-state index contributed by atoms with van der Waals surface area (Å²) >= 11 is 0. The number of rotatable bonds is 9. The van der Waals surface area contributed by atoms with Gasteiger partial charge in [-0.1, -0.05) is 50.2 Å². The molecule has 0 aliphatic rings. The number of aryl methyl sites for hydroxylation is 2. The topological polar surface area (TPSA) is 66.5 Å². The maximum atomic E-state index is 12.8. The summed E-state index contributed by atoms with van der Waals surface area (Å²) in [7, 11) is -3.60. The Labute approximate surface area is 168 Å². The maximum Gasteiger partial charge on any atom is 0.251 e. The van der Waals surface area contributed by atoms with E-state index in [2.05, 4.69) is 17.4 Å². The number of benzene rings is 2. The molecule has 0 fully saturated rings. The molecule has 0 saturated heterocycles. The fraction of sp³-hybridized carbons (Fsp3) is 0.409. The van der Waals surface area contributed by atoms with Crippen LogP contribution in [0.2, 0.25) is 0 Å². The lowest BCUT2D eigenvalue weighted by Gasteiger charge is -2.20. The Bertz CT molecular complexity index is 891. The van der Waals surface area contributed by atoms with E-state index >= 15 is 0 Å². The summed E-state index contributed by atoms with van der Waals surface area (Å²) in [6.07, 6.45) is 1.68. The van der Waals surface area contributed by atoms with Crippen molar-refractivity contribution in [2.24, 2.45) is 0 Å². The average molecular weight is 403 g/mol. The van der Waals surface area contributed by atoms with Crippen molar-refractivity contribution in [3.05, 3.63) is 65.2 Å². The van der Waals surface area contributed by atoms with Gasteiger partial charge in [-0.2, -0.15) is 4.31 Å². The van der Waals surface area contributed by atoms with Gasteiger partial charge < -0.3 is 5.32 Å². The predicted molar refractivity (Wildman–Crippen MR) is 113 cm³/mol. The highest BCUT2D eigenvalue weighted by molar-refractivity contribution is 7.89. The number of nitrogens with one attached hydrogen (secondary N) is 1. The molecular formula is C22H30N2O3S. The van der Waals surface area contributed by atoms with Crippen molar-refractivity contribution in [3.8, 4) is 0 Å². The predicted octanol–water partition coefficient (Wildman–Crippen LogP) is 3.78. The second-order valence-electron chi connectivity index (χ2n) is 6.96. The smallest absolute Gasteiger partial charge is 0.251 e. The molecule has 0 saturated carbocycles. The Balaban J connectivity index is 2.12. The lowest BCUT2D eigenvalue weighted by Crippen LogP contribution is -2.34. The summed E-state index contributed by atoms with van der Waals surface area (Å²) in [6.45, 7) is 8.17. The van der Waals surface area contributed by atoms with Crippen LogP contribution in [0.5, 0.6) is 0 Å². The Hall–Kier alpha value is -2.18. The molecule has 0 aliphatic heterocycles. The summed E-state index contributed by atoms with van der Waals surface area (Å²) in [4.78, 5) is 12.9. The van der Waals surface area contributed by atoms with Crippen LogP contribution in [0.25, 0.3) is 0 Å². The first kappa shape index (κ1) is 22.1. The van der Waals surface area contributed by atoms with Gasteiger partial charge in [-0.15, -0.1) is 0 Å². The van der Waals surface area contributed by atoms with Gasteiger partial charge in [-0.25, -0.2) is 8.42 Å². The fourth-order valence-electron chi connectivity index (χ4n) is 3.12. The van der Waals surface area contributed by atoms with E-state index in [1.807, 2.05) is 32.0 Å². The minimum Gasteiger partial charge on any atom is -0.350 e. The lowest BCUT2D eigenvalue weighted by atomic mass is 10.0. The third-order valence-electron chi connectivity index (χ3n) is 4.88. The quantitative estimate of drug-likeness (QED) is 0.694. The van der Waals surface area contributed by atoms with E-state index in [1.165, 1.54) is 15.9 Å². The Morgan fingerprint density at radius 1 is 1.07 bits per heavy atom. The first-order chi connectivity index (χ1) is 13.3. The fourth-order valence-corrected chi connectivity index (χ4v) is 4.61. The Kier molecular flexibility index (Phi) is 7.78. The van der Waals surface area contributed by atoms with Gasteiger partial charge in [0.15, 0.2) is 0 Å². The molecular weight excluding hydrogens is 372 g/mol. The van der Waals surface area contributed by atoms with Gasteiger partial charge in [0.05, 0.1) is 4.90 Å². The Morgan fingerprint density at radius 2 is 1.71 bits per heavy atom. The molecule has 0 aliphatic carbocycles. The van der Waals surface area contributed by atoms with E-state index in [1.54, 1.807) is 26.0 Å². The monoisotopic (exact) mass is 402 g/mol. The first-order valence-corrected chi connectivity index (χ1v) is 11.2. The summed E-state index contributed by atoms with van der Waals surface area (Å²) in [6, 6.07) is 14.9. The molecule has 1 amide bonds. The molecule has 2 aromatic carbocycles. The van der Waals surface area contributed by atoms with Gasteiger partial charge >= 0.3 is 0 Å². The zero-order valence-electron chi connectivity index (χ0n) is 17.1. The first-order valence-electron chi connectivity index (χ1n) is 9.75. The molecule has 0 heterocycles. The van der Waals surface area contributed by atoms with Crippen LogP contribution in [0, 0.1) is 6.92 Å². The summed E-state index contributed by atoms with van der Waals surface area (Å²) in [5.74, 6) is -0.241. The van der Waals surface area contributed by atoms with E-state index in [0.717, 1.165) is 18.4 Å². The average Bonchev–Trinajstić information content (AvgIpc) is 2.68. The number of amides is 1. The molecule has 1 atom stereocenters. The van der Waals surface area contributed by atoms with Crippen LogP contribution in [-0.4, -0.2) is 37.8 Å². The second kappa shape index (κ2) is 9.85. The van der Waals surface area contributed by atoms with E-state index < -0.39 is 10.0 Å². The van der Waals surface area contributed by atoms with Crippen LogP contribution in [0.1, 0.15) is 48.7 Å². The minimum absolute atomic E-state index is 0.0184. The molecule has 1 N–H and O–H groups in total. The molecule has 2 rings (SSSR count). The second-order valence-corrected chi connectivity index (χ2v) is 8.90. The van der Waals surface area contributed by atoms with Crippen molar-refractivity contribution in [2.45, 2.75) is 51.5 Å². The van der Waals surface area contributed by atoms with Crippen LogP contribution in [0.4, 0.5) is 0 Å². The number of nitrogens with zero attached hydrogens (tertiary/aromatic N) is 1. The van der Waals surface area contributed by atoms with Crippen LogP contribution in [0.15, 0.2) is 53.4 Å². The highest BCUT2D eigenvalue weighted by atomic mass is 32.2. The molecule has 0 spiro atoms. The van der Waals surface area contributed by atoms with Crippen LogP contribution in [0.3, 0.4) is 0 Å². The number of carbonyl (C=O) groups is 1. The van der Waals surface area contributed by atoms with Crippen molar-refractivity contribution in [3.63, 3.8) is 0 Å². The Morgan fingerprint density at radius 3 is 2.32 bits per heavy atom. The third kappa shape index (κ3) is 5.42. The van der Waals surface area contributed by atoms with Crippen molar-refractivity contribution < 1.29 is 13.2 Å². The minimum atomic E-state index is -3.60. The van der Waals surface area contributed by atoms with Crippen molar-refractivity contribution in [2.75, 3.05) is 13.1 Å². The van der Waals surface area contributed by atoms with Gasteiger partial charge in [0.2, 0.25) is 10.0 Å². The van der Waals surface area contributed by atoms with Crippen LogP contribution >= 0.6 is 0 Å². The zero-order chi connectivity index (χ0) is 20.7. The molecule has 5 nitrogen and oxygen atoms in total. The van der Waals surface area contributed by atoms with Crippen molar-refractivity contribution in [1.29, 1.82) is 0 Å². The standard InChI is InChI=1S/C22H30N2O3S/c1-5-24(6-2)28(26,27)20-15-12-17(3)21(16-20)22(25)23-18(4)13-14-19-10-8-7-9-11-19/h7-12,15-16,18H,5-6,13-14H2,1-4H3,(H,23,25). The zero-order valence-corrected chi connectivity index (χ0v) is 17.9. The van der Waals surface area contributed by atoms with Gasteiger partial charge in [0.25, 0.3) is 5.91 Å².